The second kappa shape index (κ2) is 6.78. The molecule has 0 amide bonds. The van der Waals surface area contributed by atoms with E-state index in [1.165, 1.54) is 0 Å². The standard InChI is InChI=1S/C8H16O2/c1-2-3-4-5-6-7-8(9)10/h2-3,8-10H,4-7H2,1H3/b3-2+. The average molecular weight is 144 g/mol. The second-order valence-corrected chi connectivity index (χ2v) is 2.33. The van der Waals surface area contributed by atoms with Crippen LogP contribution in [0.25, 0.3) is 0 Å². The van der Waals surface area contributed by atoms with Crippen LogP contribution in [0.3, 0.4) is 0 Å². The van der Waals surface area contributed by atoms with Crippen molar-refractivity contribution in [2.45, 2.75) is 38.9 Å². The van der Waals surface area contributed by atoms with Gasteiger partial charge in [-0.3, -0.25) is 0 Å². The summed E-state index contributed by atoms with van der Waals surface area (Å²) in [6.07, 6.45) is 6.45. The molecule has 2 nitrogen and oxygen atoms in total. The Hall–Kier alpha value is -0.340. The predicted octanol–water partition coefficient (Wildman–Crippen LogP) is 1.43. The first-order valence-corrected chi connectivity index (χ1v) is 3.74. The summed E-state index contributed by atoms with van der Waals surface area (Å²) in [6, 6.07) is 0. The quantitative estimate of drug-likeness (QED) is 0.348. The number of unbranched alkanes of at least 4 members (excludes halogenated alkanes) is 2. The zero-order chi connectivity index (χ0) is 7.82. The van der Waals surface area contributed by atoms with Crippen molar-refractivity contribution in [1.29, 1.82) is 0 Å². The zero-order valence-electron chi connectivity index (χ0n) is 6.45. The largest absolute Gasteiger partial charge is 0.368 e. The molecule has 2 N–H and O–H groups in total. The molecule has 10 heavy (non-hydrogen) atoms. The van der Waals surface area contributed by atoms with Crippen molar-refractivity contribution in [3.05, 3.63) is 12.2 Å². The Morgan fingerprint density at radius 3 is 2.50 bits per heavy atom. The molecule has 0 fully saturated rings. The molecule has 0 aromatic rings. The van der Waals surface area contributed by atoms with Gasteiger partial charge in [0.15, 0.2) is 6.29 Å². The maximum Gasteiger partial charge on any atom is 0.151 e. The molecule has 0 spiro atoms. The third kappa shape index (κ3) is 7.66. The number of hydrogen-bond donors (Lipinski definition) is 2. The lowest BCUT2D eigenvalue weighted by atomic mass is 10.2. The van der Waals surface area contributed by atoms with Crippen LogP contribution in [0, 0.1) is 0 Å². The van der Waals surface area contributed by atoms with Crippen molar-refractivity contribution >= 4 is 0 Å². The van der Waals surface area contributed by atoms with E-state index in [4.69, 9.17) is 10.2 Å². The Labute approximate surface area is 62.2 Å². The molecule has 2 heteroatoms. The summed E-state index contributed by atoms with van der Waals surface area (Å²) in [6.45, 7) is 1.99. The van der Waals surface area contributed by atoms with Crippen LogP contribution >= 0.6 is 0 Å². The van der Waals surface area contributed by atoms with E-state index in [1.807, 2.05) is 13.0 Å². The van der Waals surface area contributed by atoms with Gasteiger partial charge in [-0.05, 0) is 32.6 Å². The minimum Gasteiger partial charge on any atom is -0.368 e. The normalized spacial score (nSPS) is 11.6. The fourth-order valence-electron chi connectivity index (χ4n) is 0.756. The third-order valence-corrected chi connectivity index (χ3v) is 1.32. The molecule has 0 bridgehead atoms. The predicted molar refractivity (Wildman–Crippen MR) is 41.5 cm³/mol. The molecule has 0 heterocycles. The number of rotatable bonds is 5. The van der Waals surface area contributed by atoms with E-state index in [2.05, 4.69) is 6.08 Å². The van der Waals surface area contributed by atoms with Crippen molar-refractivity contribution in [3.63, 3.8) is 0 Å². The van der Waals surface area contributed by atoms with Gasteiger partial charge in [0.05, 0.1) is 0 Å². The Morgan fingerprint density at radius 2 is 2.00 bits per heavy atom. The van der Waals surface area contributed by atoms with E-state index < -0.39 is 6.29 Å². The highest BCUT2D eigenvalue weighted by molar-refractivity contribution is 4.76. The SMILES string of the molecule is C/C=C/CCCCC(O)O. The molecule has 0 atom stereocenters. The summed E-state index contributed by atoms with van der Waals surface area (Å²) in [7, 11) is 0. The minimum absolute atomic E-state index is 0.498. The van der Waals surface area contributed by atoms with Gasteiger partial charge in [-0.15, -0.1) is 0 Å². The van der Waals surface area contributed by atoms with E-state index in [1.54, 1.807) is 0 Å². The molecule has 0 aliphatic carbocycles. The second-order valence-electron chi connectivity index (χ2n) is 2.33. The van der Waals surface area contributed by atoms with Gasteiger partial charge in [0.1, 0.15) is 0 Å². The van der Waals surface area contributed by atoms with Gasteiger partial charge in [-0.2, -0.15) is 0 Å². The third-order valence-electron chi connectivity index (χ3n) is 1.32. The van der Waals surface area contributed by atoms with Gasteiger partial charge in [-0.1, -0.05) is 12.2 Å². The van der Waals surface area contributed by atoms with Crippen LogP contribution in [-0.4, -0.2) is 16.5 Å². The summed E-state index contributed by atoms with van der Waals surface area (Å²) in [4.78, 5) is 0. The molecule has 60 valence electrons. The van der Waals surface area contributed by atoms with Crippen LogP contribution in [0.15, 0.2) is 12.2 Å². The van der Waals surface area contributed by atoms with Gasteiger partial charge in [-0.25, -0.2) is 0 Å². The number of allylic oxidation sites excluding steroid dienone is 2. The highest BCUT2D eigenvalue weighted by atomic mass is 16.5. The fourth-order valence-corrected chi connectivity index (χ4v) is 0.756. The van der Waals surface area contributed by atoms with Gasteiger partial charge >= 0.3 is 0 Å². The molecule has 0 saturated carbocycles. The summed E-state index contributed by atoms with van der Waals surface area (Å²) >= 11 is 0. The van der Waals surface area contributed by atoms with Crippen LogP contribution in [0.1, 0.15) is 32.6 Å². The van der Waals surface area contributed by atoms with Crippen LogP contribution < -0.4 is 0 Å². The van der Waals surface area contributed by atoms with Crippen LogP contribution in [0.4, 0.5) is 0 Å². The topological polar surface area (TPSA) is 40.5 Å². The molecule has 0 saturated heterocycles. The van der Waals surface area contributed by atoms with E-state index in [0.29, 0.717) is 6.42 Å². The Bertz CT molecular complexity index is 87.3. The van der Waals surface area contributed by atoms with E-state index >= 15 is 0 Å². The maximum atomic E-state index is 8.45. The lowest BCUT2D eigenvalue weighted by Crippen LogP contribution is -2.02. The molecule has 0 radical (unpaired) electrons. The summed E-state index contributed by atoms with van der Waals surface area (Å²) in [5, 5.41) is 16.9. The van der Waals surface area contributed by atoms with Crippen molar-refractivity contribution in [2.24, 2.45) is 0 Å². The average Bonchev–Trinajstić information content (AvgIpc) is 1.87. The smallest absolute Gasteiger partial charge is 0.151 e. The molecule has 0 aromatic heterocycles. The van der Waals surface area contributed by atoms with E-state index in [-0.39, 0.29) is 0 Å². The molecule has 0 aliphatic heterocycles. The number of hydrogen-bond acceptors (Lipinski definition) is 2. The summed E-state index contributed by atoms with van der Waals surface area (Å²) in [5.41, 5.74) is 0. The van der Waals surface area contributed by atoms with Crippen molar-refractivity contribution in [2.75, 3.05) is 0 Å². The Kier molecular flexibility index (Phi) is 6.55. The molecule has 0 unspecified atom stereocenters. The first-order chi connectivity index (χ1) is 4.77. The van der Waals surface area contributed by atoms with Crippen molar-refractivity contribution in [3.8, 4) is 0 Å². The van der Waals surface area contributed by atoms with Crippen molar-refractivity contribution in [1.82, 2.24) is 0 Å². The van der Waals surface area contributed by atoms with Crippen molar-refractivity contribution < 1.29 is 10.2 Å². The van der Waals surface area contributed by atoms with Gasteiger partial charge in [0.2, 0.25) is 0 Å². The van der Waals surface area contributed by atoms with E-state index in [0.717, 1.165) is 19.3 Å². The van der Waals surface area contributed by atoms with Crippen LogP contribution in [-0.2, 0) is 0 Å². The molecular weight excluding hydrogens is 128 g/mol. The zero-order valence-corrected chi connectivity index (χ0v) is 6.45. The minimum atomic E-state index is -1.12. The number of aliphatic hydroxyl groups is 2. The lowest BCUT2D eigenvalue weighted by molar-refractivity contribution is -0.0464. The van der Waals surface area contributed by atoms with Gasteiger partial charge in [0.25, 0.3) is 0 Å². The van der Waals surface area contributed by atoms with Gasteiger partial charge < -0.3 is 10.2 Å². The van der Waals surface area contributed by atoms with E-state index in [9.17, 15) is 0 Å². The summed E-state index contributed by atoms with van der Waals surface area (Å²) < 4.78 is 0. The van der Waals surface area contributed by atoms with Crippen LogP contribution in [0.2, 0.25) is 0 Å². The highest BCUT2D eigenvalue weighted by Gasteiger charge is 1.94. The lowest BCUT2D eigenvalue weighted by Gasteiger charge is -2.00. The fraction of sp³-hybridized carbons (Fsp3) is 0.750. The molecule has 0 rings (SSSR count). The first-order valence-electron chi connectivity index (χ1n) is 3.74. The summed E-state index contributed by atoms with van der Waals surface area (Å²) in [5.74, 6) is 0. The maximum absolute atomic E-state index is 8.45. The van der Waals surface area contributed by atoms with Gasteiger partial charge in [0, 0.05) is 0 Å². The van der Waals surface area contributed by atoms with Crippen LogP contribution in [0.5, 0.6) is 0 Å². The molecular formula is C8H16O2. The molecule has 0 aliphatic rings. The number of aliphatic hydroxyl groups excluding tert-OH is 1. The highest BCUT2D eigenvalue weighted by Crippen LogP contribution is 2.02. The Balaban J connectivity index is 2.91. The monoisotopic (exact) mass is 144 g/mol. The first kappa shape index (κ1) is 9.66. The Morgan fingerprint density at radius 1 is 1.30 bits per heavy atom. The molecule has 0 aromatic carbocycles.